The fourth-order valence-electron chi connectivity index (χ4n) is 2.50. The molecule has 0 heterocycles. The highest BCUT2D eigenvalue weighted by Crippen LogP contribution is 2.49. The summed E-state index contributed by atoms with van der Waals surface area (Å²) in [6, 6.07) is 10.2. The number of benzene rings is 1. The summed E-state index contributed by atoms with van der Waals surface area (Å²) in [5, 5.41) is 0. The van der Waals surface area contributed by atoms with Crippen molar-refractivity contribution in [1.29, 1.82) is 0 Å². The molecule has 0 aromatic heterocycles. The van der Waals surface area contributed by atoms with Crippen LogP contribution in [0.15, 0.2) is 30.3 Å². The van der Waals surface area contributed by atoms with Gasteiger partial charge in [0.25, 0.3) is 0 Å². The average Bonchev–Trinajstić information content (AvgIpc) is 3.09. The molecule has 0 N–H and O–H groups in total. The van der Waals surface area contributed by atoms with Gasteiger partial charge in [-0.3, -0.25) is 4.79 Å². The third-order valence-electron chi connectivity index (χ3n) is 3.47. The number of carbonyl (C=O) groups excluding carboxylic acids is 1. The number of rotatable bonds is 4. The standard InChI is InChI=1S/C15H21NO/c1-12(2)11-16(3)14(17)15(9-10-15)13-7-5-4-6-8-13/h4-8,12H,9-11H2,1-3H3. The molecule has 17 heavy (non-hydrogen) atoms. The highest BCUT2D eigenvalue weighted by molar-refractivity contribution is 5.91. The molecule has 1 aliphatic rings. The first-order chi connectivity index (χ1) is 8.06. The van der Waals surface area contributed by atoms with E-state index >= 15 is 0 Å². The van der Waals surface area contributed by atoms with E-state index in [-0.39, 0.29) is 11.3 Å². The lowest BCUT2D eigenvalue weighted by Gasteiger charge is -2.25. The van der Waals surface area contributed by atoms with E-state index < -0.39 is 0 Å². The van der Waals surface area contributed by atoms with Gasteiger partial charge in [-0.1, -0.05) is 44.2 Å². The van der Waals surface area contributed by atoms with Gasteiger partial charge >= 0.3 is 0 Å². The van der Waals surface area contributed by atoms with Crippen molar-refractivity contribution in [3.05, 3.63) is 35.9 Å². The zero-order valence-electron chi connectivity index (χ0n) is 10.9. The second kappa shape index (κ2) is 4.52. The molecule has 0 unspecified atom stereocenters. The van der Waals surface area contributed by atoms with Crippen LogP contribution in [0.5, 0.6) is 0 Å². The van der Waals surface area contributed by atoms with Gasteiger partial charge in [-0.15, -0.1) is 0 Å². The van der Waals surface area contributed by atoms with Gasteiger partial charge < -0.3 is 4.90 Å². The Kier molecular flexibility index (Phi) is 3.23. The van der Waals surface area contributed by atoms with Crippen molar-refractivity contribution in [3.8, 4) is 0 Å². The number of nitrogens with zero attached hydrogens (tertiary/aromatic N) is 1. The third-order valence-corrected chi connectivity index (χ3v) is 3.47. The molecule has 1 aromatic carbocycles. The minimum absolute atomic E-state index is 0.203. The first-order valence-corrected chi connectivity index (χ1v) is 6.37. The van der Waals surface area contributed by atoms with E-state index in [2.05, 4.69) is 26.0 Å². The Bertz CT molecular complexity index is 393. The van der Waals surface area contributed by atoms with E-state index in [0.29, 0.717) is 5.92 Å². The topological polar surface area (TPSA) is 20.3 Å². The smallest absolute Gasteiger partial charge is 0.232 e. The van der Waals surface area contributed by atoms with Crippen molar-refractivity contribution in [3.63, 3.8) is 0 Å². The molecule has 1 fully saturated rings. The van der Waals surface area contributed by atoms with Crippen molar-refractivity contribution >= 4 is 5.91 Å². The molecule has 1 aliphatic carbocycles. The average molecular weight is 231 g/mol. The van der Waals surface area contributed by atoms with E-state index in [0.717, 1.165) is 19.4 Å². The monoisotopic (exact) mass is 231 g/mol. The molecule has 2 heteroatoms. The van der Waals surface area contributed by atoms with Crippen LogP contribution in [0.1, 0.15) is 32.3 Å². The number of carbonyl (C=O) groups is 1. The van der Waals surface area contributed by atoms with E-state index in [1.54, 1.807) is 0 Å². The number of hydrogen-bond donors (Lipinski definition) is 0. The van der Waals surface area contributed by atoms with Crippen LogP contribution < -0.4 is 0 Å². The molecule has 1 aromatic rings. The first-order valence-electron chi connectivity index (χ1n) is 6.37. The van der Waals surface area contributed by atoms with Crippen LogP contribution in [-0.2, 0) is 10.2 Å². The quantitative estimate of drug-likeness (QED) is 0.780. The molecule has 0 bridgehead atoms. The number of hydrogen-bond acceptors (Lipinski definition) is 1. The lowest BCUT2D eigenvalue weighted by atomic mass is 9.94. The molecule has 2 nitrogen and oxygen atoms in total. The normalized spacial score (nSPS) is 16.9. The second-order valence-corrected chi connectivity index (χ2v) is 5.53. The first kappa shape index (κ1) is 12.2. The van der Waals surface area contributed by atoms with Gasteiger partial charge in [0.15, 0.2) is 0 Å². The predicted octanol–water partition coefficient (Wildman–Crippen LogP) is 2.83. The van der Waals surface area contributed by atoms with Gasteiger partial charge in [-0.2, -0.15) is 0 Å². The number of amides is 1. The van der Waals surface area contributed by atoms with E-state index in [1.165, 1.54) is 5.56 Å². The summed E-state index contributed by atoms with van der Waals surface area (Å²) in [5.41, 5.74) is 0.978. The molecule has 92 valence electrons. The number of likely N-dealkylation sites (N-methyl/N-ethyl adjacent to an activating group) is 1. The van der Waals surface area contributed by atoms with Gasteiger partial charge in [0.05, 0.1) is 5.41 Å². The maximum absolute atomic E-state index is 12.5. The highest BCUT2D eigenvalue weighted by atomic mass is 16.2. The van der Waals surface area contributed by atoms with Crippen molar-refractivity contribution in [1.82, 2.24) is 4.90 Å². The minimum atomic E-state index is -0.203. The molecular weight excluding hydrogens is 210 g/mol. The molecular formula is C15H21NO. The molecule has 0 aliphatic heterocycles. The molecule has 2 rings (SSSR count). The summed E-state index contributed by atoms with van der Waals surface area (Å²) in [6.45, 7) is 5.13. The van der Waals surface area contributed by atoms with Crippen LogP contribution in [0.2, 0.25) is 0 Å². The Hall–Kier alpha value is -1.31. The Labute approximate surface area is 104 Å². The summed E-state index contributed by atoms with van der Waals surface area (Å²) in [7, 11) is 1.92. The second-order valence-electron chi connectivity index (χ2n) is 5.53. The Morgan fingerprint density at radius 1 is 1.29 bits per heavy atom. The van der Waals surface area contributed by atoms with Gasteiger partial charge in [0.1, 0.15) is 0 Å². The van der Waals surface area contributed by atoms with Crippen molar-refractivity contribution in [2.24, 2.45) is 5.92 Å². The SMILES string of the molecule is CC(C)CN(C)C(=O)C1(c2ccccc2)CC1. The Morgan fingerprint density at radius 3 is 2.35 bits per heavy atom. The van der Waals surface area contributed by atoms with Crippen LogP contribution >= 0.6 is 0 Å². The molecule has 0 saturated heterocycles. The maximum atomic E-state index is 12.5. The van der Waals surface area contributed by atoms with Crippen LogP contribution in [0.25, 0.3) is 0 Å². The summed E-state index contributed by atoms with van der Waals surface area (Å²) in [6.07, 6.45) is 2.00. The Balaban J connectivity index is 2.14. The van der Waals surface area contributed by atoms with E-state index in [9.17, 15) is 4.79 Å². The zero-order valence-corrected chi connectivity index (χ0v) is 10.9. The van der Waals surface area contributed by atoms with Gasteiger partial charge in [-0.25, -0.2) is 0 Å². The van der Waals surface area contributed by atoms with Crippen LogP contribution in [-0.4, -0.2) is 24.4 Å². The lowest BCUT2D eigenvalue weighted by Crippen LogP contribution is -2.38. The summed E-state index contributed by atoms with van der Waals surface area (Å²) in [5.74, 6) is 0.813. The molecule has 0 atom stereocenters. The fourth-order valence-corrected chi connectivity index (χ4v) is 2.50. The Morgan fingerprint density at radius 2 is 1.88 bits per heavy atom. The van der Waals surface area contributed by atoms with Gasteiger partial charge in [0, 0.05) is 13.6 Å². The minimum Gasteiger partial charge on any atom is -0.345 e. The summed E-state index contributed by atoms with van der Waals surface area (Å²) < 4.78 is 0. The molecule has 1 saturated carbocycles. The van der Waals surface area contributed by atoms with Crippen molar-refractivity contribution < 1.29 is 4.79 Å². The van der Waals surface area contributed by atoms with Crippen LogP contribution in [0, 0.1) is 5.92 Å². The summed E-state index contributed by atoms with van der Waals surface area (Å²) >= 11 is 0. The third kappa shape index (κ3) is 2.36. The molecule has 0 spiro atoms. The summed E-state index contributed by atoms with van der Waals surface area (Å²) in [4.78, 5) is 14.4. The molecule has 1 amide bonds. The van der Waals surface area contributed by atoms with Crippen LogP contribution in [0.3, 0.4) is 0 Å². The maximum Gasteiger partial charge on any atom is 0.232 e. The largest absolute Gasteiger partial charge is 0.345 e. The van der Waals surface area contributed by atoms with Crippen molar-refractivity contribution in [2.45, 2.75) is 32.1 Å². The van der Waals surface area contributed by atoms with Gasteiger partial charge in [0.2, 0.25) is 5.91 Å². The van der Waals surface area contributed by atoms with Gasteiger partial charge in [-0.05, 0) is 24.3 Å². The van der Waals surface area contributed by atoms with E-state index in [1.807, 2.05) is 30.1 Å². The van der Waals surface area contributed by atoms with E-state index in [4.69, 9.17) is 0 Å². The highest BCUT2D eigenvalue weighted by Gasteiger charge is 2.52. The zero-order chi connectivity index (χ0) is 12.5. The van der Waals surface area contributed by atoms with Crippen molar-refractivity contribution in [2.75, 3.05) is 13.6 Å². The molecule has 0 radical (unpaired) electrons. The lowest BCUT2D eigenvalue weighted by molar-refractivity contribution is -0.133. The predicted molar refractivity (Wildman–Crippen MR) is 69.8 cm³/mol. The fraction of sp³-hybridized carbons (Fsp3) is 0.533. The van der Waals surface area contributed by atoms with Crippen LogP contribution in [0.4, 0.5) is 0 Å².